The van der Waals surface area contributed by atoms with Crippen molar-refractivity contribution in [2.24, 2.45) is 0 Å². The summed E-state index contributed by atoms with van der Waals surface area (Å²) in [5.41, 5.74) is -4.91. The molecule has 11 heteroatoms. The van der Waals surface area contributed by atoms with Gasteiger partial charge in [0.2, 0.25) is 0 Å². The molecule has 202 valence electrons. The van der Waals surface area contributed by atoms with Crippen molar-refractivity contribution in [3.8, 4) is 16.9 Å². The fourth-order valence-corrected chi connectivity index (χ4v) is 5.17. The number of hydrogen-bond donors (Lipinski definition) is 1. The lowest BCUT2D eigenvalue weighted by molar-refractivity contribution is -0.376. The SMILES string of the molecule is OC(c1ccc(-c2ccc(CN3CCC4(CC3)Cc3cnccc3O4)cc2)c(F)c1)(C(F)(F)F)C(F)(F)F. The largest absolute Gasteiger partial charge is 0.486 e. The molecule has 2 aliphatic rings. The molecule has 1 aromatic heterocycles. The van der Waals surface area contributed by atoms with Gasteiger partial charge in [0.15, 0.2) is 0 Å². The van der Waals surface area contributed by atoms with Crippen molar-refractivity contribution in [1.82, 2.24) is 9.88 Å². The second-order valence-corrected chi connectivity index (χ2v) is 9.82. The van der Waals surface area contributed by atoms with Crippen LogP contribution in [-0.2, 0) is 18.6 Å². The summed E-state index contributed by atoms with van der Waals surface area (Å²) in [7, 11) is 0. The molecule has 3 heterocycles. The van der Waals surface area contributed by atoms with Gasteiger partial charge in [-0.05, 0) is 23.3 Å². The van der Waals surface area contributed by atoms with E-state index >= 15 is 0 Å². The Hall–Kier alpha value is -3.18. The molecule has 4 nitrogen and oxygen atoms in total. The molecular formula is C27H23F7N2O2. The van der Waals surface area contributed by atoms with Crippen molar-refractivity contribution in [2.75, 3.05) is 13.1 Å². The Kier molecular flexibility index (Phi) is 6.42. The van der Waals surface area contributed by atoms with E-state index in [0.29, 0.717) is 12.6 Å². The quantitative estimate of drug-likeness (QED) is 0.402. The third-order valence-corrected chi connectivity index (χ3v) is 7.34. The smallest absolute Gasteiger partial charge is 0.430 e. The van der Waals surface area contributed by atoms with E-state index in [2.05, 4.69) is 9.88 Å². The number of ether oxygens (including phenoxy) is 1. The van der Waals surface area contributed by atoms with Gasteiger partial charge < -0.3 is 9.84 Å². The lowest BCUT2D eigenvalue weighted by atomic mass is 9.87. The highest BCUT2D eigenvalue weighted by Crippen LogP contribution is 2.50. The van der Waals surface area contributed by atoms with Gasteiger partial charge in [0, 0.05) is 68.0 Å². The summed E-state index contributed by atoms with van der Waals surface area (Å²) in [5, 5.41) is 9.51. The second-order valence-electron chi connectivity index (χ2n) is 9.82. The number of likely N-dealkylation sites (tertiary alicyclic amines) is 1. The third kappa shape index (κ3) is 4.62. The molecule has 38 heavy (non-hydrogen) atoms. The summed E-state index contributed by atoms with van der Waals surface area (Å²) in [6.07, 6.45) is -6.10. The van der Waals surface area contributed by atoms with Crippen molar-refractivity contribution in [1.29, 1.82) is 0 Å². The second kappa shape index (κ2) is 9.23. The van der Waals surface area contributed by atoms with Crippen molar-refractivity contribution >= 4 is 0 Å². The number of fused-ring (bicyclic) bond motifs is 1. The Morgan fingerprint density at radius 2 is 1.58 bits per heavy atom. The Labute approximate surface area is 213 Å². The van der Waals surface area contributed by atoms with Crippen LogP contribution >= 0.6 is 0 Å². The van der Waals surface area contributed by atoms with Gasteiger partial charge in [-0.2, -0.15) is 26.3 Å². The first-order valence-corrected chi connectivity index (χ1v) is 11.9. The number of rotatable bonds is 4. The average molecular weight is 540 g/mol. The van der Waals surface area contributed by atoms with Crippen LogP contribution in [-0.4, -0.2) is 46.0 Å². The monoisotopic (exact) mass is 540 g/mol. The van der Waals surface area contributed by atoms with Crippen molar-refractivity contribution < 1.29 is 40.6 Å². The summed E-state index contributed by atoms with van der Waals surface area (Å²) in [5.74, 6) is -0.429. The predicted molar refractivity (Wildman–Crippen MR) is 124 cm³/mol. The standard InChI is InChI=1S/C27H23F7N2O2/c28-22-13-20(25(37,26(29,30)31)27(32,33)34)5-6-21(22)18-3-1-17(2-4-18)16-36-11-8-24(9-12-36)14-19-15-35-10-7-23(19)38-24/h1-7,10,13,15,37H,8-9,11-12,14,16H2. The lowest BCUT2D eigenvalue weighted by Gasteiger charge is -2.38. The number of halogens is 7. The van der Waals surface area contributed by atoms with Crippen LogP contribution in [0.2, 0.25) is 0 Å². The van der Waals surface area contributed by atoms with Crippen molar-refractivity contribution in [2.45, 2.75) is 49.4 Å². The highest BCUT2D eigenvalue weighted by molar-refractivity contribution is 5.65. The minimum Gasteiger partial charge on any atom is -0.486 e. The van der Waals surface area contributed by atoms with E-state index in [-0.39, 0.29) is 22.8 Å². The highest BCUT2D eigenvalue weighted by Gasteiger charge is 2.71. The Bertz CT molecular complexity index is 1270. The normalized spacial score (nSPS) is 17.9. The van der Waals surface area contributed by atoms with Crippen LogP contribution < -0.4 is 4.74 Å². The molecule has 0 bridgehead atoms. The molecule has 2 aromatic carbocycles. The molecule has 0 aliphatic carbocycles. The number of pyridine rings is 1. The van der Waals surface area contributed by atoms with Gasteiger partial charge in [-0.1, -0.05) is 36.4 Å². The van der Waals surface area contributed by atoms with E-state index in [9.17, 15) is 35.8 Å². The van der Waals surface area contributed by atoms with E-state index in [4.69, 9.17) is 4.74 Å². The zero-order chi connectivity index (χ0) is 27.3. The van der Waals surface area contributed by atoms with Crippen LogP contribution in [0.3, 0.4) is 0 Å². The number of alkyl halides is 6. The summed E-state index contributed by atoms with van der Waals surface area (Å²) in [6, 6.07) is 9.79. The lowest BCUT2D eigenvalue weighted by Crippen LogP contribution is -2.53. The van der Waals surface area contributed by atoms with E-state index in [1.807, 2.05) is 12.3 Å². The van der Waals surface area contributed by atoms with Crippen LogP contribution in [0, 0.1) is 5.82 Å². The number of nitrogens with zero attached hydrogens (tertiary/aromatic N) is 2. The molecule has 0 radical (unpaired) electrons. The fraction of sp³-hybridized carbons (Fsp3) is 0.370. The third-order valence-electron chi connectivity index (χ3n) is 7.34. The van der Waals surface area contributed by atoms with E-state index in [1.165, 1.54) is 0 Å². The number of benzene rings is 2. The molecule has 1 fully saturated rings. The van der Waals surface area contributed by atoms with Gasteiger partial charge >= 0.3 is 12.4 Å². The minimum absolute atomic E-state index is 0.0766. The molecule has 1 N–H and O–H groups in total. The van der Waals surface area contributed by atoms with Crippen LogP contribution in [0.15, 0.2) is 60.9 Å². The first-order valence-electron chi connectivity index (χ1n) is 11.9. The minimum atomic E-state index is -6.08. The number of aromatic nitrogens is 1. The van der Waals surface area contributed by atoms with Crippen molar-refractivity contribution in [3.05, 3.63) is 83.4 Å². The molecule has 0 saturated carbocycles. The Morgan fingerprint density at radius 1 is 0.921 bits per heavy atom. The van der Waals surface area contributed by atoms with Gasteiger partial charge in [-0.25, -0.2) is 4.39 Å². The van der Waals surface area contributed by atoms with Gasteiger partial charge in [0.25, 0.3) is 5.60 Å². The van der Waals surface area contributed by atoms with E-state index in [0.717, 1.165) is 55.3 Å². The first kappa shape index (κ1) is 26.4. The van der Waals surface area contributed by atoms with Gasteiger partial charge in [-0.15, -0.1) is 0 Å². The molecule has 1 spiro atoms. The van der Waals surface area contributed by atoms with Gasteiger partial charge in [-0.3, -0.25) is 9.88 Å². The Morgan fingerprint density at radius 3 is 2.16 bits per heavy atom. The number of hydrogen-bond acceptors (Lipinski definition) is 4. The molecule has 2 aliphatic heterocycles. The summed E-state index contributed by atoms with van der Waals surface area (Å²) < 4.78 is 99.6. The van der Waals surface area contributed by atoms with Gasteiger partial charge in [0.05, 0.1) is 0 Å². The topological polar surface area (TPSA) is 45.6 Å². The molecule has 3 aromatic rings. The molecular weight excluding hydrogens is 517 g/mol. The maximum absolute atomic E-state index is 14.7. The Balaban J connectivity index is 1.25. The predicted octanol–water partition coefficient (Wildman–Crippen LogP) is 6.17. The van der Waals surface area contributed by atoms with Crippen molar-refractivity contribution in [3.63, 3.8) is 0 Å². The summed E-state index contributed by atoms with van der Waals surface area (Å²) in [6.45, 7) is 2.23. The van der Waals surface area contributed by atoms with Crippen LogP contribution in [0.4, 0.5) is 30.7 Å². The highest BCUT2D eigenvalue weighted by atomic mass is 19.4. The number of piperidine rings is 1. The van der Waals surface area contributed by atoms with Crippen LogP contribution in [0.25, 0.3) is 11.1 Å². The zero-order valence-corrected chi connectivity index (χ0v) is 19.9. The average Bonchev–Trinajstić information content (AvgIpc) is 3.22. The van der Waals surface area contributed by atoms with E-state index < -0.39 is 29.3 Å². The molecule has 1 saturated heterocycles. The summed E-state index contributed by atoms with van der Waals surface area (Å²) >= 11 is 0. The first-order chi connectivity index (χ1) is 17.8. The molecule has 0 atom stereocenters. The van der Waals surface area contributed by atoms with Crippen LogP contribution in [0.1, 0.15) is 29.5 Å². The maximum Gasteiger partial charge on any atom is 0.430 e. The van der Waals surface area contributed by atoms with E-state index in [1.54, 1.807) is 30.5 Å². The zero-order valence-electron chi connectivity index (χ0n) is 19.9. The fourth-order valence-electron chi connectivity index (χ4n) is 5.17. The van der Waals surface area contributed by atoms with Crippen LogP contribution in [0.5, 0.6) is 5.75 Å². The van der Waals surface area contributed by atoms with Gasteiger partial charge in [0.1, 0.15) is 17.2 Å². The summed E-state index contributed by atoms with van der Waals surface area (Å²) in [4.78, 5) is 6.42. The molecule has 0 unspecified atom stereocenters. The number of aliphatic hydroxyl groups is 1. The molecule has 5 rings (SSSR count). The maximum atomic E-state index is 14.7. The molecule has 0 amide bonds.